The van der Waals surface area contributed by atoms with E-state index < -0.39 is 28.0 Å². The molecule has 22 heavy (non-hydrogen) atoms. The molecule has 0 aliphatic carbocycles. The molecule has 0 aromatic heterocycles. The largest absolute Gasteiger partial charge is 0.496 e. The molecule has 122 valence electrons. The van der Waals surface area contributed by atoms with E-state index in [-0.39, 0.29) is 16.2 Å². The van der Waals surface area contributed by atoms with Gasteiger partial charge < -0.3 is 14.4 Å². The molecule has 1 amide bonds. The summed E-state index contributed by atoms with van der Waals surface area (Å²) in [5.41, 5.74) is -0.132. The zero-order chi connectivity index (χ0) is 17.1. The zero-order valence-electron chi connectivity index (χ0n) is 12.7. The summed E-state index contributed by atoms with van der Waals surface area (Å²) in [6.45, 7) is 1.41. The van der Waals surface area contributed by atoms with Crippen molar-refractivity contribution in [2.24, 2.45) is 5.14 Å². The predicted molar refractivity (Wildman–Crippen MR) is 77.9 cm³/mol. The molecule has 1 aromatic carbocycles. The summed E-state index contributed by atoms with van der Waals surface area (Å²) in [6.07, 6.45) is -1.02. The number of amides is 1. The fourth-order valence-corrected chi connectivity index (χ4v) is 2.20. The van der Waals surface area contributed by atoms with Crippen LogP contribution in [0.3, 0.4) is 0 Å². The Labute approximate surface area is 128 Å². The maximum Gasteiger partial charge on any atom is 0.342 e. The van der Waals surface area contributed by atoms with Gasteiger partial charge in [-0.25, -0.2) is 18.4 Å². The first-order chi connectivity index (χ1) is 10.1. The number of likely N-dealkylation sites (N-methyl/N-ethyl adjacent to an activating group) is 1. The average Bonchev–Trinajstić information content (AvgIpc) is 2.44. The Hall–Kier alpha value is -2.13. The highest BCUT2D eigenvalue weighted by atomic mass is 32.2. The molecule has 2 N–H and O–H groups in total. The van der Waals surface area contributed by atoms with E-state index in [2.05, 4.69) is 0 Å². The van der Waals surface area contributed by atoms with Gasteiger partial charge >= 0.3 is 5.97 Å². The molecule has 0 saturated heterocycles. The molecule has 1 aromatic rings. The highest BCUT2D eigenvalue weighted by molar-refractivity contribution is 7.89. The lowest BCUT2D eigenvalue weighted by Crippen LogP contribution is -2.35. The van der Waals surface area contributed by atoms with Crippen LogP contribution in [-0.2, 0) is 19.6 Å². The summed E-state index contributed by atoms with van der Waals surface area (Å²) >= 11 is 0. The van der Waals surface area contributed by atoms with Crippen LogP contribution in [0.15, 0.2) is 23.1 Å². The number of methoxy groups -OCH3 is 1. The van der Waals surface area contributed by atoms with E-state index in [1.54, 1.807) is 0 Å². The van der Waals surface area contributed by atoms with Crippen molar-refractivity contribution >= 4 is 21.9 Å². The van der Waals surface area contributed by atoms with Gasteiger partial charge in [-0.1, -0.05) is 0 Å². The van der Waals surface area contributed by atoms with Crippen LogP contribution in [0.4, 0.5) is 0 Å². The molecule has 1 atom stereocenters. The molecule has 0 spiro atoms. The first kappa shape index (κ1) is 17.9. The first-order valence-electron chi connectivity index (χ1n) is 6.21. The van der Waals surface area contributed by atoms with Crippen LogP contribution in [0.2, 0.25) is 0 Å². The van der Waals surface area contributed by atoms with Crippen LogP contribution in [0, 0.1) is 0 Å². The molecule has 1 rings (SSSR count). The lowest BCUT2D eigenvalue weighted by atomic mass is 10.2. The number of nitrogens with two attached hydrogens (primary N) is 1. The summed E-state index contributed by atoms with van der Waals surface area (Å²) in [4.78, 5) is 24.8. The molecule has 0 aliphatic rings. The minimum absolute atomic E-state index is 0.113. The van der Waals surface area contributed by atoms with E-state index in [0.29, 0.717) is 0 Å². The Morgan fingerprint density at radius 3 is 2.32 bits per heavy atom. The molecule has 0 bridgehead atoms. The third-order valence-corrected chi connectivity index (χ3v) is 3.70. The van der Waals surface area contributed by atoms with Gasteiger partial charge in [-0.3, -0.25) is 4.79 Å². The van der Waals surface area contributed by atoms with Gasteiger partial charge in [0.25, 0.3) is 5.91 Å². The molecule has 0 saturated carbocycles. The van der Waals surface area contributed by atoms with E-state index in [4.69, 9.17) is 14.6 Å². The normalized spacial score (nSPS) is 12.4. The molecule has 9 heteroatoms. The average molecular weight is 330 g/mol. The van der Waals surface area contributed by atoms with Crippen LogP contribution in [0.5, 0.6) is 5.75 Å². The van der Waals surface area contributed by atoms with Gasteiger partial charge in [0.15, 0.2) is 6.10 Å². The second kappa shape index (κ2) is 6.75. The third-order valence-electron chi connectivity index (χ3n) is 2.79. The van der Waals surface area contributed by atoms with E-state index in [0.717, 1.165) is 6.07 Å². The van der Waals surface area contributed by atoms with Gasteiger partial charge in [0, 0.05) is 14.1 Å². The standard InChI is InChI=1S/C13H18N2O6S/c1-8(12(16)15(2)3)21-13(17)10-7-9(22(14,18)19)5-6-11(10)20-4/h5-8H,1-4H3,(H2,14,18,19)/t8-/m0/s1. The number of carbonyl (C=O) groups excluding carboxylic acids is 2. The van der Waals surface area contributed by atoms with Crippen LogP contribution >= 0.6 is 0 Å². The number of primary sulfonamides is 1. The minimum atomic E-state index is -3.98. The van der Waals surface area contributed by atoms with Crippen LogP contribution in [0.25, 0.3) is 0 Å². The summed E-state index contributed by atoms with van der Waals surface area (Å²) in [5, 5.41) is 5.03. The number of esters is 1. The van der Waals surface area contributed by atoms with Crippen molar-refractivity contribution in [2.75, 3.05) is 21.2 Å². The van der Waals surface area contributed by atoms with Crippen molar-refractivity contribution in [3.05, 3.63) is 23.8 Å². The monoisotopic (exact) mass is 330 g/mol. The smallest absolute Gasteiger partial charge is 0.342 e. The molecule has 0 unspecified atom stereocenters. The Bertz CT molecular complexity index is 684. The van der Waals surface area contributed by atoms with E-state index in [1.807, 2.05) is 0 Å². The molecule has 0 fully saturated rings. The Balaban J connectivity index is 3.13. The van der Waals surface area contributed by atoms with Crippen molar-refractivity contribution in [1.29, 1.82) is 0 Å². The van der Waals surface area contributed by atoms with Gasteiger partial charge in [0.05, 0.1) is 12.0 Å². The molecule has 0 heterocycles. The number of hydrogen-bond donors (Lipinski definition) is 1. The van der Waals surface area contributed by atoms with Gasteiger partial charge in [0.1, 0.15) is 11.3 Å². The van der Waals surface area contributed by atoms with Gasteiger partial charge in [0.2, 0.25) is 10.0 Å². The van der Waals surface area contributed by atoms with Gasteiger partial charge in [-0.05, 0) is 25.1 Å². The number of hydrogen-bond acceptors (Lipinski definition) is 6. The fraction of sp³-hybridized carbons (Fsp3) is 0.385. The van der Waals surface area contributed by atoms with Crippen molar-refractivity contribution in [3.8, 4) is 5.75 Å². The third kappa shape index (κ3) is 4.18. The molecule has 0 aliphatic heterocycles. The van der Waals surface area contributed by atoms with Crippen LogP contribution in [-0.4, -0.2) is 52.5 Å². The predicted octanol–water partition coefficient (Wildman–Crippen LogP) is -0.0239. The summed E-state index contributed by atoms with van der Waals surface area (Å²) in [6, 6.07) is 3.54. The molecule has 8 nitrogen and oxygen atoms in total. The summed E-state index contributed by atoms with van der Waals surface area (Å²) in [5.74, 6) is -1.18. The van der Waals surface area contributed by atoms with E-state index in [1.165, 1.54) is 45.2 Å². The van der Waals surface area contributed by atoms with Crippen LogP contribution < -0.4 is 9.88 Å². The number of benzene rings is 1. The quantitative estimate of drug-likeness (QED) is 0.758. The van der Waals surface area contributed by atoms with Gasteiger partial charge in [-0.2, -0.15) is 0 Å². The minimum Gasteiger partial charge on any atom is -0.496 e. The number of sulfonamides is 1. The Kier molecular flexibility index (Phi) is 5.50. The van der Waals surface area contributed by atoms with E-state index >= 15 is 0 Å². The Morgan fingerprint density at radius 2 is 1.86 bits per heavy atom. The Morgan fingerprint density at radius 1 is 1.27 bits per heavy atom. The second-order valence-corrected chi connectivity index (χ2v) is 6.25. The zero-order valence-corrected chi connectivity index (χ0v) is 13.5. The summed E-state index contributed by atoms with van der Waals surface area (Å²) in [7, 11) is 0.381. The number of ether oxygens (including phenoxy) is 2. The molecular formula is C13H18N2O6S. The van der Waals surface area contributed by atoms with E-state index in [9.17, 15) is 18.0 Å². The summed E-state index contributed by atoms with van der Waals surface area (Å²) < 4.78 is 32.7. The first-order valence-corrected chi connectivity index (χ1v) is 7.75. The molecular weight excluding hydrogens is 312 g/mol. The number of carbonyl (C=O) groups is 2. The second-order valence-electron chi connectivity index (χ2n) is 4.69. The SMILES string of the molecule is COc1ccc(S(N)(=O)=O)cc1C(=O)O[C@@H](C)C(=O)N(C)C. The van der Waals surface area contributed by atoms with Gasteiger partial charge in [-0.15, -0.1) is 0 Å². The maximum atomic E-state index is 12.1. The highest BCUT2D eigenvalue weighted by Crippen LogP contribution is 2.23. The highest BCUT2D eigenvalue weighted by Gasteiger charge is 2.24. The lowest BCUT2D eigenvalue weighted by molar-refractivity contribution is -0.137. The fourth-order valence-electron chi connectivity index (χ4n) is 1.66. The topological polar surface area (TPSA) is 116 Å². The number of nitrogens with zero attached hydrogens (tertiary/aromatic N) is 1. The molecule has 0 radical (unpaired) electrons. The van der Waals surface area contributed by atoms with Crippen molar-refractivity contribution < 1.29 is 27.5 Å². The maximum absolute atomic E-state index is 12.1. The van der Waals surface area contributed by atoms with Crippen molar-refractivity contribution in [1.82, 2.24) is 4.90 Å². The lowest BCUT2D eigenvalue weighted by Gasteiger charge is -2.18. The van der Waals surface area contributed by atoms with Crippen molar-refractivity contribution in [2.45, 2.75) is 17.9 Å². The van der Waals surface area contributed by atoms with Crippen LogP contribution in [0.1, 0.15) is 17.3 Å². The number of rotatable bonds is 5. The van der Waals surface area contributed by atoms with Crippen molar-refractivity contribution in [3.63, 3.8) is 0 Å².